The average molecular weight is 282 g/mol. The molecule has 0 spiro atoms. The molecule has 4 heteroatoms. The molecule has 2 fully saturated rings. The molecule has 1 aliphatic heterocycles. The first-order chi connectivity index (χ1) is 9.72. The number of likely N-dealkylation sites (tertiary alicyclic amines) is 1. The second-order valence-electron chi connectivity index (χ2n) is 6.63. The molecule has 2 N–H and O–H groups in total. The van der Waals surface area contributed by atoms with Gasteiger partial charge in [0, 0.05) is 26.6 Å². The van der Waals surface area contributed by atoms with Crippen LogP contribution in [0.1, 0.15) is 44.9 Å². The molecule has 116 valence electrons. The van der Waals surface area contributed by atoms with Crippen molar-refractivity contribution in [3.8, 4) is 0 Å². The summed E-state index contributed by atoms with van der Waals surface area (Å²) in [5.41, 5.74) is 5.72. The number of piperidine rings is 1. The second-order valence-corrected chi connectivity index (χ2v) is 6.63. The van der Waals surface area contributed by atoms with Gasteiger partial charge >= 0.3 is 0 Å². The van der Waals surface area contributed by atoms with Gasteiger partial charge in [0.2, 0.25) is 5.91 Å². The van der Waals surface area contributed by atoms with Crippen LogP contribution in [0.3, 0.4) is 0 Å². The van der Waals surface area contributed by atoms with Crippen LogP contribution in [0, 0.1) is 17.8 Å². The summed E-state index contributed by atoms with van der Waals surface area (Å²) in [5.74, 6) is 2.18. The van der Waals surface area contributed by atoms with E-state index in [-0.39, 0.29) is 0 Å². The summed E-state index contributed by atoms with van der Waals surface area (Å²) in [7, 11) is 1.75. The molecule has 0 bridgehead atoms. The molecule has 1 saturated heterocycles. The Hall–Kier alpha value is -0.610. The lowest BCUT2D eigenvalue weighted by molar-refractivity contribution is -0.134. The van der Waals surface area contributed by atoms with Crippen molar-refractivity contribution < 1.29 is 9.53 Å². The molecule has 1 unspecified atom stereocenters. The zero-order valence-corrected chi connectivity index (χ0v) is 12.9. The maximum Gasteiger partial charge on any atom is 0.222 e. The fourth-order valence-corrected chi connectivity index (χ4v) is 3.71. The Labute approximate surface area is 123 Å². The van der Waals surface area contributed by atoms with E-state index in [0.717, 1.165) is 39.1 Å². The van der Waals surface area contributed by atoms with E-state index >= 15 is 0 Å². The molecule has 1 aliphatic carbocycles. The third-order valence-electron chi connectivity index (χ3n) is 5.04. The largest absolute Gasteiger partial charge is 0.384 e. The fraction of sp³-hybridized carbons (Fsp3) is 0.938. The van der Waals surface area contributed by atoms with Crippen molar-refractivity contribution in [1.82, 2.24) is 4.90 Å². The summed E-state index contributed by atoms with van der Waals surface area (Å²) in [6.45, 7) is 3.43. The molecule has 0 aromatic rings. The number of amides is 1. The summed E-state index contributed by atoms with van der Waals surface area (Å²) in [5, 5.41) is 0. The Balaban J connectivity index is 1.74. The summed E-state index contributed by atoms with van der Waals surface area (Å²) in [6.07, 6.45) is 7.85. The molecule has 0 radical (unpaired) electrons. The van der Waals surface area contributed by atoms with Crippen LogP contribution in [0.25, 0.3) is 0 Å². The van der Waals surface area contributed by atoms with Crippen molar-refractivity contribution in [2.45, 2.75) is 44.9 Å². The van der Waals surface area contributed by atoms with Gasteiger partial charge in [-0.25, -0.2) is 0 Å². The van der Waals surface area contributed by atoms with Crippen molar-refractivity contribution in [3.05, 3.63) is 0 Å². The molecular formula is C16H30N2O2. The number of hydrogen-bond acceptors (Lipinski definition) is 3. The van der Waals surface area contributed by atoms with Crippen molar-refractivity contribution in [2.75, 3.05) is 33.4 Å². The zero-order valence-electron chi connectivity index (χ0n) is 12.9. The highest BCUT2D eigenvalue weighted by Gasteiger charge is 2.27. The van der Waals surface area contributed by atoms with E-state index in [2.05, 4.69) is 4.90 Å². The van der Waals surface area contributed by atoms with Crippen molar-refractivity contribution in [3.63, 3.8) is 0 Å². The van der Waals surface area contributed by atoms with Gasteiger partial charge in [0.15, 0.2) is 0 Å². The van der Waals surface area contributed by atoms with E-state index < -0.39 is 0 Å². The minimum absolute atomic E-state index is 0.363. The number of carbonyl (C=O) groups is 1. The third kappa shape index (κ3) is 4.45. The van der Waals surface area contributed by atoms with Gasteiger partial charge in [-0.15, -0.1) is 0 Å². The second kappa shape index (κ2) is 7.99. The lowest BCUT2D eigenvalue weighted by atomic mass is 9.80. The maximum atomic E-state index is 12.4. The molecule has 0 aromatic heterocycles. The number of hydrogen-bond donors (Lipinski definition) is 1. The molecule has 2 rings (SSSR count). The predicted octanol–water partition coefficient (Wildman–Crippen LogP) is 2.03. The lowest BCUT2D eigenvalue weighted by Gasteiger charge is -2.34. The Bertz CT molecular complexity index is 299. The quantitative estimate of drug-likeness (QED) is 0.839. The molecule has 2 aliphatic rings. The Kier molecular flexibility index (Phi) is 6.30. The lowest BCUT2D eigenvalue weighted by Crippen LogP contribution is -2.42. The molecule has 0 aromatic carbocycles. The van der Waals surface area contributed by atoms with Crippen LogP contribution >= 0.6 is 0 Å². The van der Waals surface area contributed by atoms with Crippen LogP contribution in [-0.4, -0.2) is 44.2 Å². The van der Waals surface area contributed by atoms with E-state index in [1.807, 2.05) is 0 Å². The molecule has 1 amide bonds. The van der Waals surface area contributed by atoms with Crippen molar-refractivity contribution >= 4 is 5.91 Å². The summed E-state index contributed by atoms with van der Waals surface area (Å²) < 4.78 is 5.23. The van der Waals surface area contributed by atoms with Gasteiger partial charge in [0.25, 0.3) is 0 Å². The smallest absolute Gasteiger partial charge is 0.222 e. The van der Waals surface area contributed by atoms with Crippen LogP contribution in [0.5, 0.6) is 0 Å². The SMILES string of the molecule is COCC1CCCN(C(=O)CC2CCC(CN)CC2)C1. The first-order valence-electron chi connectivity index (χ1n) is 8.19. The van der Waals surface area contributed by atoms with E-state index in [1.165, 1.54) is 32.1 Å². The van der Waals surface area contributed by atoms with Crippen molar-refractivity contribution in [2.24, 2.45) is 23.5 Å². The number of carbonyl (C=O) groups excluding carboxylic acids is 1. The van der Waals surface area contributed by atoms with Crippen LogP contribution in [0.2, 0.25) is 0 Å². The van der Waals surface area contributed by atoms with E-state index in [0.29, 0.717) is 23.7 Å². The number of ether oxygens (including phenoxy) is 1. The normalized spacial score (nSPS) is 31.3. The van der Waals surface area contributed by atoms with Crippen LogP contribution in [-0.2, 0) is 9.53 Å². The van der Waals surface area contributed by atoms with E-state index in [1.54, 1.807) is 7.11 Å². The highest BCUT2D eigenvalue weighted by Crippen LogP contribution is 2.31. The highest BCUT2D eigenvalue weighted by atomic mass is 16.5. The van der Waals surface area contributed by atoms with Crippen molar-refractivity contribution in [1.29, 1.82) is 0 Å². The number of methoxy groups -OCH3 is 1. The number of nitrogens with zero attached hydrogens (tertiary/aromatic N) is 1. The summed E-state index contributed by atoms with van der Waals surface area (Å²) in [4.78, 5) is 14.5. The first-order valence-corrected chi connectivity index (χ1v) is 8.19. The third-order valence-corrected chi connectivity index (χ3v) is 5.04. The van der Waals surface area contributed by atoms with Gasteiger partial charge in [-0.05, 0) is 62.8 Å². The molecule has 1 saturated carbocycles. The number of nitrogens with two attached hydrogens (primary N) is 1. The molecular weight excluding hydrogens is 252 g/mol. The summed E-state index contributed by atoms with van der Waals surface area (Å²) in [6, 6.07) is 0. The number of rotatable bonds is 5. The van der Waals surface area contributed by atoms with Gasteiger partial charge in [0.05, 0.1) is 6.61 Å². The van der Waals surface area contributed by atoms with E-state index in [4.69, 9.17) is 10.5 Å². The standard InChI is InChI=1S/C16H30N2O2/c1-20-12-15-3-2-8-18(11-15)16(19)9-13-4-6-14(10-17)7-5-13/h13-15H,2-12,17H2,1H3. The Morgan fingerprint density at radius 3 is 2.50 bits per heavy atom. The minimum atomic E-state index is 0.363. The monoisotopic (exact) mass is 282 g/mol. The minimum Gasteiger partial charge on any atom is -0.384 e. The summed E-state index contributed by atoms with van der Waals surface area (Å²) >= 11 is 0. The molecule has 1 atom stereocenters. The topological polar surface area (TPSA) is 55.6 Å². The Morgan fingerprint density at radius 2 is 1.85 bits per heavy atom. The zero-order chi connectivity index (χ0) is 14.4. The van der Waals surface area contributed by atoms with Gasteiger partial charge in [0.1, 0.15) is 0 Å². The first kappa shape index (κ1) is 15.8. The fourth-order valence-electron chi connectivity index (χ4n) is 3.71. The Morgan fingerprint density at radius 1 is 1.15 bits per heavy atom. The van der Waals surface area contributed by atoms with Crippen LogP contribution in [0.4, 0.5) is 0 Å². The van der Waals surface area contributed by atoms with Crippen LogP contribution in [0.15, 0.2) is 0 Å². The van der Waals surface area contributed by atoms with Crippen LogP contribution < -0.4 is 5.73 Å². The van der Waals surface area contributed by atoms with Gasteiger partial charge in [-0.2, -0.15) is 0 Å². The van der Waals surface area contributed by atoms with Gasteiger partial charge < -0.3 is 15.4 Å². The molecule has 20 heavy (non-hydrogen) atoms. The highest BCUT2D eigenvalue weighted by molar-refractivity contribution is 5.76. The molecule has 1 heterocycles. The average Bonchev–Trinajstić information content (AvgIpc) is 2.48. The maximum absolute atomic E-state index is 12.4. The van der Waals surface area contributed by atoms with E-state index in [9.17, 15) is 4.79 Å². The molecule has 4 nitrogen and oxygen atoms in total. The predicted molar refractivity (Wildman–Crippen MR) is 80.3 cm³/mol. The van der Waals surface area contributed by atoms with Gasteiger partial charge in [-0.1, -0.05) is 0 Å². The van der Waals surface area contributed by atoms with Gasteiger partial charge in [-0.3, -0.25) is 4.79 Å².